The van der Waals surface area contributed by atoms with Crippen LogP contribution < -0.4 is 10.2 Å². The summed E-state index contributed by atoms with van der Waals surface area (Å²) in [5.41, 5.74) is 0.800. The van der Waals surface area contributed by atoms with Gasteiger partial charge in [-0.1, -0.05) is 0 Å². The average molecular weight is 339 g/mol. The SMILES string of the molecule is Cn1cc2cc(NC(=O)c3cnc(N4C[CH]CC4)cn3)cc(F)c2n1. The number of rotatable bonds is 3. The molecule has 0 bridgehead atoms. The lowest BCUT2D eigenvalue weighted by atomic mass is 10.2. The van der Waals surface area contributed by atoms with Crippen LogP contribution in [-0.4, -0.2) is 38.7 Å². The second-order valence-corrected chi connectivity index (χ2v) is 5.94. The zero-order valence-electron chi connectivity index (χ0n) is 13.6. The summed E-state index contributed by atoms with van der Waals surface area (Å²) in [6.45, 7) is 1.75. The first-order chi connectivity index (χ1) is 12.1. The average Bonchev–Trinajstić information content (AvgIpc) is 3.24. The van der Waals surface area contributed by atoms with E-state index in [2.05, 4.69) is 31.7 Å². The molecule has 1 aliphatic rings. The Morgan fingerprint density at radius 2 is 2.16 bits per heavy atom. The number of hydrogen-bond donors (Lipinski definition) is 1. The number of carbonyl (C=O) groups excluding carboxylic acids is 1. The number of hydrogen-bond acceptors (Lipinski definition) is 5. The molecule has 8 heteroatoms. The zero-order chi connectivity index (χ0) is 17.4. The van der Waals surface area contributed by atoms with Gasteiger partial charge in [0.2, 0.25) is 0 Å². The summed E-state index contributed by atoms with van der Waals surface area (Å²) < 4.78 is 15.6. The van der Waals surface area contributed by atoms with Crippen molar-refractivity contribution >= 4 is 28.3 Å². The minimum Gasteiger partial charge on any atom is -0.355 e. The minimum atomic E-state index is -0.486. The number of aryl methyl sites for hydroxylation is 1. The summed E-state index contributed by atoms with van der Waals surface area (Å²) in [5.74, 6) is -0.178. The Kier molecular flexibility index (Phi) is 3.79. The molecule has 7 nitrogen and oxygen atoms in total. The monoisotopic (exact) mass is 339 g/mol. The highest BCUT2D eigenvalue weighted by atomic mass is 19.1. The summed E-state index contributed by atoms with van der Waals surface area (Å²) in [5, 5.41) is 7.30. The molecule has 127 valence electrons. The molecule has 1 N–H and O–H groups in total. The highest BCUT2D eigenvalue weighted by molar-refractivity contribution is 6.03. The van der Waals surface area contributed by atoms with E-state index in [0.717, 1.165) is 25.3 Å². The molecule has 0 atom stereocenters. The molecule has 0 saturated carbocycles. The van der Waals surface area contributed by atoms with Gasteiger partial charge >= 0.3 is 0 Å². The van der Waals surface area contributed by atoms with E-state index in [4.69, 9.17) is 0 Å². The van der Waals surface area contributed by atoms with E-state index in [0.29, 0.717) is 11.1 Å². The Labute approximate surface area is 143 Å². The van der Waals surface area contributed by atoms with Crippen molar-refractivity contribution < 1.29 is 9.18 Å². The second-order valence-electron chi connectivity index (χ2n) is 5.94. The van der Waals surface area contributed by atoms with Crippen LogP contribution in [0.15, 0.2) is 30.7 Å². The first kappa shape index (κ1) is 15.5. The van der Waals surface area contributed by atoms with Gasteiger partial charge in [-0.2, -0.15) is 5.10 Å². The number of halogens is 1. The predicted octanol–water partition coefficient (Wildman–Crippen LogP) is 2.17. The smallest absolute Gasteiger partial charge is 0.275 e. The van der Waals surface area contributed by atoms with Crippen molar-refractivity contribution in [2.45, 2.75) is 6.42 Å². The summed E-state index contributed by atoms with van der Waals surface area (Å²) in [6, 6.07) is 2.92. The fourth-order valence-electron chi connectivity index (χ4n) is 2.87. The van der Waals surface area contributed by atoms with Gasteiger partial charge in [-0.25, -0.2) is 14.4 Å². The Hall–Kier alpha value is -3.03. The van der Waals surface area contributed by atoms with Crippen molar-refractivity contribution in [2.24, 2.45) is 7.05 Å². The third kappa shape index (κ3) is 3.02. The highest BCUT2D eigenvalue weighted by Crippen LogP contribution is 2.22. The number of anilines is 2. The quantitative estimate of drug-likeness (QED) is 0.791. The number of amides is 1. The van der Waals surface area contributed by atoms with Gasteiger partial charge in [0.05, 0.1) is 12.4 Å². The van der Waals surface area contributed by atoms with Crippen LogP contribution in [0.3, 0.4) is 0 Å². The number of carbonyl (C=O) groups is 1. The van der Waals surface area contributed by atoms with Gasteiger partial charge in [0.15, 0.2) is 5.82 Å². The number of benzene rings is 1. The number of nitrogens with zero attached hydrogens (tertiary/aromatic N) is 5. The Morgan fingerprint density at radius 3 is 2.88 bits per heavy atom. The van der Waals surface area contributed by atoms with Crippen LogP contribution >= 0.6 is 0 Å². The van der Waals surface area contributed by atoms with Crippen molar-refractivity contribution in [3.63, 3.8) is 0 Å². The molecule has 2 aromatic heterocycles. The molecule has 0 unspecified atom stereocenters. The van der Waals surface area contributed by atoms with Crippen molar-refractivity contribution in [2.75, 3.05) is 23.3 Å². The molecule has 3 aromatic rings. The largest absolute Gasteiger partial charge is 0.355 e. The van der Waals surface area contributed by atoms with Crippen molar-refractivity contribution in [3.05, 3.63) is 48.7 Å². The van der Waals surface area contributed by atoms with E-state index in [9.17, 15) is 9.18 Å². The Bertz CT molecular complexity index is 930. The van der Waals surface area contributed by atoms with Crippen LogP contribution in [0.2, 0.25) is 0 Å². The highest BCUT2D eigenvalue weighted by Gasteiger charge is 2.16. The molecule has 1 saturated heterocycles. The summed E-state index contributed by atoms with van der Waals surface area (Å²) >= 11 is 0. The summed E-state index contributed by atoms with van der Waals surface area (Å²) in [7, 11) is 1.72. The first-order valence-corrected chi connectivity index (χ1v) is 7.93. The Morgan fingerprint density at radius 1 is 1.28 bits per heavy atom. The molecule has 1 fully saturated rings. The maximum Gasteiger partial charge on any atom is 0.275 e. The predicted molar refractivity (Wildman–Crippen MR) is 91.8 cm³/mol. The molecular formula is C17H16FN6O. The molecule has 0 spiro atoms. The minimum absolute atomic E-state index is 0.179. The lowest BCUT2D eigenvalue weighted by Crippen LogP contribution is -2.20. The van der Waals surface area contributed by atoms with Gasteiger partial charge in [0, 0.05) is 37.4 Å². The van der Waals surface area contributed by atoms with Gasteiger partial charge in [-0.05, 0) is 25.0 Å². The van der Waals surface area contributed by atoms with Gasteiger partial charge in [-0.15, -0.1) is 0 Å². The number of fused-ring (bicyclic) bond motifs is 1. The van der Waals surface area contributed by atoms with Crippen molar-refractivity contribution in [3.8, 4) is 0 Å². The molecule has 25 heavy (non-hydrogen) atoms. The maximum absolute atomic E-state index is 14.1. The van der Waals surface area contributed by atoms with E-state index in [-0.39, 0.29) is 11.2 Å². The molecule has 1 aliphatic heterocycles. The van der Waals surface area contributed by atoms with Crippen LogP contribution in [0.4, 0.5) is 15.9 Å². The number of aromatic nitrogens is 4. The molecule has 1 amide bonds. The van der Waals surface area contributed by atoms with Gasteiger partial charge < -0.3 is 10.2 Å². The van der Waals surface area contributed by atoms with Crippen LogP contribution in [0.1, 0.15) is 16.9 Å². The Balaban J connectivity index is 1.53. The van der Waals surface area contributed by atoms with E-state index in [1.54, 1.807) is 25.5 Å². The molecule has 1 radical (unpaired) electrons. The molecular weight excluding hydrogens is 323 g/mol. The maximum atomic E-state index is 14.1. The van der Waals surface area contributed by atoms with E-state index >= 15 is 0 Å². The topological polar surface area (TPSA) is 75.9 Å². The van der Waals surface area contributed by atoms with Crippen molar-refractivity contribution in [1.29, 1.82) is 0 Å². The third-order valence-electron chi connectivity index (χ3n) is 4.08. The lowest BCUT2D eigenvalue weighted by Gasteiger charge is -2.15. The van der Waals surface area contributed by atoms with E-state index < -0.39 is 11.7 Å². The van der Waals surface area contributed by atoms with Gasteiger partial charge in [0.25, 0.3) is 5.91 Å². The summed E-state index contributed by atoms with van der Waals surface area (Å²) in [6.07, 6.45) is 7.90. The second kappa shape index (κ2) is 6.12. The van der Waals surface area contributed by atoms with E-state index in [1.165, 1.54) is 16.9 Å². The third-order valence-corrected chi connectivity index (χ3v) is 4.08. The molecule has 1 aromatic carbocycles. The summed E-state index contributed by atoms with van der Waals surface area (Å²) in [4.78, 5) is 22.9. The fraction of sp³-hybridized carbons (Fsp3) is 0.235. The van der Waals surface area contributed by atoms with Crippen LogP contribution in [0.5, 0.6) is 0 Å². The molecule has 3 heterocycles. The standard InChI is InChI=1S/C17H16FN6O/c1-23-10-11-6-12(7-13(18)16(11)22-23)21-17(25)14-8-20-15(9-19-14)24-4-2-3-5-24/h2,6-10H,3-5H2,1H3,(H,21,25). The lowest BCUT2D eigenvalue weighted by molar-refractivity contribution is 0.102. The van der Waals surface area contributed by atoms with Crippen molar-refractivity contribution in [1.82, 2.24) is 19.7 Å². The van der Waals surface area contributed by atoms with Crippen LogP contribution in [0.25, 0.3) is 10.9 Å². The fourth-order valence-corrected chi connectivity index (χ4v) is 2.87. The first-order valence-electron chi connectivity index (χ1n) is 7.93. The van der Waals surface area contributed by atoms with Crippen LogP contribution in [-0.2, 0) is 7.05 Å². The zero-order valence-corrected chi connectivity index (χ0v) is 13.6. The molecule has 0 aliphatic carbocycles. The van der Waals surface area contributed by atoms with Gasteiger partial charge in [0.1, 0.15) is 17.0 Å². The van der Waals surface area contributed by atoms with Gasteiger partial charge in [-0.3, -0.25) is 9.48 Å². The molecule has 4 rings (SSSR count). The normalized spacial score (nSPS) is 14.2. The van der Waals surface area contributed by atoms with E-state index in [1.807, 2.05) is 0 Å². The van der Waals surface area contributed by atoms with Crippen LogP contribution in [0, 0.1) is 12.2 Å². The number of nitrogens with one attached hydrogen (secondary N) is 1.